The van der Waals surface area contributed by atoms with Crippen LogP contribution in [0, 0.1) is 0 Å². The summed E-state index contributed by atoms with van der Waals surface area (Å²) in [5.74, 6) is 1.66. The van der Waals surface area contributed by atoms with Gasteiger partial charge in [-0.1, -0.05) is 127 Å². The van der Waals surface area contributed by atoms with E-state index in [0.29, 0.717) is 50.4 Å². The van der Waals surface area contributed by atoms with Crippen molar-refractivity contribution in [3.05, 3.63) is 170 Å². The van der Waals surface area contributed by atoms with Crippen molar-refractivity contribution in [2.24, 2.45) is 0 Å². The van der Waals surface area contributed by atoms with Crippen molar-refractivity contribution < 1.29 is 9.90 Å². The predicted molar refractivity (Wildman–Crippen MR) is 203 cm³/mol. The van der Waals surface area contributed by atoms with Crippen LogP contribution in [-0.2, 0) is 0 Å². The topological polar surface area (TPSA) is 56.7 Å². The monoisotopic (exact) mass is 644 g/mol. The SMILES string of the molecule is [2H]c1cc([2H])c2c(c1)c1cc([2H])cc([2H])c1n2-c1ccc2oc3cc(-c4nc(-c5ccccc5)nc(-c5ccc(-c6ccccc6)cc5)n4)ccc3c2c1. The Bertz CT molecular complexity index is 3020. The first-order chi connectivity index (χ1) is 26.4. The van der Waals surface area contributed by atoms with Gasteiger partial charge in [-0.3, -0.25) is 0 Å². The average molecular weight is 645 g/mol. The van der Waals surface area contributed by atoms with Gasteiger partial charge in [0, 0.05) is 43.9 Å². The number of fused-ring (bicyclic) bond motifs is 6. The maximum Gasteiger partial charge on any atom is 0.164 e. The van der Waals surface area contributed by atoms with E-state index in [1.807, 2.05) is 102 Å². The molecule has 7 aromatic carbocycles. The Labute approximate surface area is 293 Å². The summed E-state index contributed by atoms with van der Waals surface area (Å²) in [5.41, 5.74) is 8.06. The molecule has 0 amide bonds. The van der Waals surface area contributed by atoms with E-state index < -0.39 is 0 Å². The Morgan fingerprint density at radius 1 is 0.420 bits per heavy atom. The maximum atomic E-state index is 8.82. The summed E-state index contributed by atoms with van der Waals surface area (Å²) < 4.78 is 42.5. The molecule has 0 bridgehead atoms. The normalized spacial score (nSPS) is 12.7. The molecule has 3 aromatic heterocycles. The first-order valence-corrected chi connectivity index (χ1v) is 16.3. The van der Waals surface area contributed by atoms with Gasteiger partial charge in [0.25, 0.3) is 0 Å². The van der Waals surface area contributed by atoms with Gasteiger partial charge in [-0.15, -0.1) is 0 Å². The first-order valence-electron chi connectivity index (χ1n) is 18.3. The second-order valence-electron chi connectivity index (χ2n) is 12.2. The lowest BCUT2D eigenvalue weighted by atomic mass is 10.0. The van der Waals surface area contributed by atoms with Gasteiger partial charge in [-0.05, 0) is 53.5 Å². The van der Waals surface area contributed by atoms with Crippen LogP contribution >= 0.6 is 0 Å². The molecule has 0 fully saturated rings. The van der Waals surface area contributed by atoms with Crippen molar-refractivity contribution in [3.63, 3.8) is 0 Å². The lowest BCUT2D eigenvalue weighted by molar-refractivity contribution is 0.669. The smallest absolute Gasteiger partial charge is 0.164 e. The number of furan rings is 1. The number of hydrogen-bond donors (Lipinski definition) is 0. The number of benzene rings is 7. The molecule has 50 heavy (non-hydrogen) atoms. The van der Waals surface area contributed by atoms with Gasteiger partial charge in [0.05, 0.1) is 16.5 Å². The molecule has 0 aliphatic carbocycles. The molecule has 0 saturated heterocycles. The van der Waals surface area contributed by atoms with Gasteiger partial charge in [-0.2, -0.15) is 0 Å². The molecule has 0 unspecified atom stereocenters. The predicted octanol–water partition coefficient (Wildman–Crippen LogP) is 11.5. The molecule has 5 nitrogen and oxygen atoms in total. The van der Waals surface area contributed by atoms with Gasteiger partial charge < -0.3 is 8.98 Å². The standard InChI is InChI=1S/C45H28N4O/c1-3-11-29(12-4-1)30-19-21-32(22-20-30)44-46-43(31-13-5-2-6-14-31)47-45(48-44)33-23-25-37-38-28-34(24-26-41(38)50-42(37)27-33)49-39-17-9-7-15-35(39)36-16-8-10-18-40(36)49/h1-28H/i7D,8D,17D,18D. The minimum atomic E-state index is 0.181. The third-order valence-corrected chi connectivity index (χ3v) is 9.18. The molecule has 0 aliphatic rings. The molecule has 3 heterocycles. The van der Waals surface area contributed by atoms with Crippen LogP contribution in [0.5, 0.6) is 0 Å². The van der Waals surface area contributed by atoms with E-state index >= 15 is 0 Å². The van der Waals surface area contributed by atoms with Crippen LogP contribution in [0.25, 0.3) is 94.7 Å². The van der Waals surface area contributed by atoms with Gasteiger partial charge in [0.1, 0.15) is 11.2 Å². The van der Waals surface area contributed by atoms with Crippen molar-refractivity contribution in [1.82, 2.24) is 19.5 Å². The fourth-order valence-electron chi connectivity index (χ4n) is 6.75. The zero-order valence-electron chi connectivity index (χ0n) is 30.6. The lowest BCUT2D eigenvalue weighted by Crippen LogP contribution is -2.00. The van der Waals surface area contributed by atoms with Crippen molar-refractivity contribution >= 4 is 43.7 Å². The zero-order valence-corrected chi connectivity index (χ0v) is 26.6. The highest BCUT2D eigenvalue weighted by Crippen LogP contribution is 2.37. The number of rotatable bonds is 5. The summed E-state index contributed by atoms with van der Waals surface area (Å²) in [6.45, 7) is 0. The number of nitrogens with zero attached hydrogens (tertiary/aromatic N) is 4. The molecule has 0 spiro atoms. The van der Waals surface area contributed by atoms with Crippen LogP contribution in [0.1, 0.15) is 5.48 Å². The summed E-state index contributed by atoms with van der Waals surface area (Å²) in [5, 5.41) is 3.11. The van der Waals surface area contributed by atoms with Crippen molar-refractivity contribution in [1.29, 1.82) is 0 Å². The quantitative estimate of drug-likeness (QED) is 0.187. The van der Waals surface area contributed by atoms with Gasteiger partial charge >= 0.3 is 0 Å². The zero-order chi connectivity index (χ0) is 36.5. The van der Waals surface area contributed by atoms with E-state index in [0.717, 1.165) is 44.3 Å². The molecule has 0 saturated carbocycles. The summed E-state index contributed by atoms with van der Waals surface area (Å²) in [7, 11) is 0. The molecule has 5 heteroatoms. The second-order valence-corrected chi connectivity index (χ2v) is 12.2. The molecule has 10 aromatic rings. The van der Waals surface area contributed by atoms with E-state index in [9.17, 15) is 0 Å². The van der Waals surface area contributed by atoms with Crippen LogP contribution in [0.4, 0.5) is 0 Å². The van der Waals surface area contributed by atoms with E-state index in [4.69, 9.17) is 24.9 Å². The van der Waals surface area contributed by atoms with Gasteiger partial charge in [0.2, 0.25) is 0 Å². The van der Waals surface area contributed by atoms with E-state index in [2.05, 4.69) is 24.3 Å². The highest BCUT2D eigenvalue weighted by atomic mass is 16.3. The van der Waals surface area contributed by atoms with Gasteiger partial charge in [-0.25, -0.2) is 15.0 Å². The maximum absolute atomic E-state index is 8.82. The van der Waals surface area contributed by atoms with Crippen molar-refractivity contribution in [3.8, 4) is 51.0 Å². The Balaban J connectivity index is 1.10. The highest BCUT2D eigenvalue weighted by Gasteiger charge is 2.17. The third kappa shape index (κ3) is 4.67. The summed E-state index contributed by atoms with van der Waals surface area (Å²) in [6, 6.07) is 47.4. The van der Waals surface area contributed by atoms with Crippen LogP contribution in [0.2, 0.25) is 0 Å². The third-order valence-electron chi connectivity index (χ3n) is 9.18. The first kappa shape index (κ1) is 24.3. The molecule has 0 radical (unpaired) electrons. The molecular weight excluding hydrogens is 613 g/mol. The molecular formula is C45H28N4O. The fraction of sp³-hybridized carbons (Fsp3) is 0. The minimum Gasteiger partial charge on any atom is -0.456 e. The van der Waals surface area contributed by atoms with Crippen LogP contribution in [0.3, 0.4) is 0 Å². The Morgan fingerprint density at radius 3 is 1.62 bits per heavy atom. The highest BCUT2D eigenvalue weighted by molar-refractivity contribution is 6.10. The lowest BCUT2D eigenvalue weighted by Gasteiger charge is -2.09. The van der Waals surface area contributed by atoms with E-state index in [-0.39, 0.29) is 24.2 Å². The second kappa shape index (κ2) is 11.4. The van der Waals surface area contributed by atoms with Gasteiger partial charge in [0.15, 0.2) is 17.5 Å². The Kier molecular flexibility index (Phi) is 5.54. The van der Waals surface area contributed by atoms with Crippen LogP contribution in [-0.4, -0.2) is 19.5 Å². The fourth-order valence-corrected chi connectivity index (χ4v) is 6.75. The summed E-state index contributed by atoms with van der Waals surface area (Å²) >= 11 is 0. The summed E-state index contributed by atoms with van der Waals surface area (Å²) in [4.78, 5) is 14.8. The molecule has 234 valence electrons. The minimum absolute atomic E-state index is 0.181. The average Bonchev–Trinajstić information content (AvgIpc) is 3.73. The number of aromatic nitrogens is 4. The Hall–Kier alpha value is -6.85. The van der Waals surface area contributed by atoms with Crippen LogP contribution < -0.4 is 0 Å². The number of hydrogen-bond acceptors (Lipinski definition) is 4. The Morgan fingerprint density at radius 2 is 0.960 bits per heavy atom. The van der Waals surface area contributed by atoms with E-state index in [1.54, 1.807) is 12.1 Å². The van der Waals surface area contributed by atoms with Crippen LogP contribution in [0.15, 0.2) is 174 Å². The molecule has 0 N–H and O–H groups in total. The van der Waals surface area contributed by atoms with Crippen molar-refractivity contribution in [2.45, 2.75) is 0 Å². The van der Waals surface area contributed by atoms with Crippen molar-refractivity contribution in [2.75, 3.05) is 0 Å². The molecule has 0 atom stereocenters. The largest absolute Gasteiger partial charge is 0.456 e. The molecule has 10 rings (SSSR count). The summed E-state index contributed by atoms with van der Waals surface area (Å²) in [6.07, 6.45) is 0. The molecule has 0 aliphatic heterocycles. The van der Waals surface area contributed by atoms with E-state index in [1.165, 1.54) is 12.1 Å². The number of para-hydroxylation sites is 2.